The van der Waals surface area contributed by atoms with Crippen LogP contribution in [-0.4, -0.2) is 36.1 Å². The molecule has 2 fully saturated rings. The minimum atomic E-state index is -3.32. The average molecular weight is 463 g/mol. The molecule has 1 heterocycles. The van der Waals surface area contributed by atoms with Gasteiger partial charge in [0.15, 0.2) is 21.4 Å². The van der Waals surface area contributed by atoms with Crippen LogP contribution in [0.3, 0.4) is 0 Å². The van der Waals surface area contributed by atoms with Crippen molar-refractivity contribution in [1.29, 1.82) is 0 Å². The van der Waals surface area contributed by atoms with Crippen LogP contribution >= 0.6 is 0 Å². The number of aromatic amines is 1. The number of allylic oxidation sites excluding steroid dienone is 2. The lowest BCUT2D eigenvalue weighted by Crippen LogP contribution is -2.28. The number of ether oxygens (including phenoxy) is 1. The molecule has 2 saturated carbocycles. The van der Waals surface area contributed by atoms with Gasteiger partial charge in [-0.3, -0.25) is 14.3 Å². The number of hydrogen-bond donors (Lipinski definition) is 1. The van der Waals surface area contributed by atoms with Crippen molar-refractivity contribution in [3.63, 3.8) is 0 Å². The van der Waals surface area contributed by atoms with Crippen LogP contribution in [0.2, 0.25) is 0 Å². The van der Waals surface area contributed by atoms with Crippen LogP contribution < -0.4 is 16.0 Å². The quantitative estimate of drug-likeness (QED) is 0.518. The highest BCUT2D eigenvalue weighted by Gasteiger charge is 2.47. The van der Waals surface area contributed by atoms with Crippen LogP contribution in [0, 0.1) is 11.7 Å². The number of hydrogen-bond acceptors (Lipinski definition) is 5. The Kier molecular flexibility index (Phi) is 6.37. The smallest absolute Gasteiger partial charge is 0.328 e. The van der Waals surface area contributed by atoms with Gasteiger partial charge in [-0.15, -0.1) is 0 Å². The van der Waals surface area contributed by atoms with E-state index in [1.165, 1.54) is 22.9 Å². The van der Waals surface area contributed by atoms with Gasteiger partial charge in [-0.2, -0.15) is 0 Å². The van der Waals surface area contributed by atoms with Gasteiger partial charge in [0, 0.05) is 24.2 Å². The van der Waals surface area contributed by atoms with Crippen molar-refractivity contribution < 1.29 is 17.5 Å². The van der Waals surface area contributed by atoms with E-state index in [1.807, 2.05) is 0 Å². The maximum absolute atomic E-state index is 14.1. The van der Waals surface area contributed by atoms with Gasteiger partial charge in [0.05, 0.1) is 18.1 Å². The van der Waals surface area contributed by atoms with E-state index in [1.54, 1.807) is 24.3 Å². The van der Waals surface area contributed by atoms with E-state index in [9.17, 15) is 22.4 Å². The summed E-state index contributed by atoms with van der Waals surface area (Å²) in [5, 5.41) is 0. The van der Waals surface area contributed by atoms with Gasteiger partial charge in [-0.05, 0) is 55.7 Å². The van der Waals surface area contributed by atoms with Gasteiger partial charge < -0.3 is 4.74 Å². The lowest BCUT2D eigenvalue weighted by molar-refractivity contribution is 0.285. The summed E-state index contributed by atoms with van der Waals surface area (Å²) in [4.78, 5) is 24.9. The van der Waals surface area contributed by atoms with Crippen molar-refractivity contribution in [2.45, 2.75) is 44.1 Å². The molecule has 2 aliphatic rings. The Morgan fingerprint density at radius 1 is 1.19 bits per heavy atom. The second kappa shape index (κ2) is 9.05. The largest absolute Gasteiger partial charge is 0.490 e. The SMILES string of the molecule is O=c1ccn(C/C=C/CCS(=O)(=O)CC2(c3ccc(F)c(OCC4CC4)c3)CC2)c(=O)[nH]1. The Labute approximate surface area is 185 Å². The highest BCUT2D eigenvalue weighted by atomic mass is 32.2. The number of sulfone groups is 1. The zero-order valence-corrected chi connectivity index (χ0v) is 18.6. The molecule has 1 aromatic heterocycles. The number of benzene rings is 1. The molecule has 32 heavy (non-hydrogen) atoms. The van der Waals surface area contributed by atoms with Crippen LogP contribution in [-0.2, 0) is 21.8 Å². The van der Waals surface area contributed by atoms with Crippen molar-refractivity contribution in [2.24, 2.45) is 5.92 Å². The Morgan fingerprint density at radius 3 is 2.66 bits per heavy atom. The molecular formula is C23H27FN2O5S. The first-order valence-corrected chi connectivity index (χ1v) is 12.7. The van der Waals surface area contributed by atoms with Crippen LogP contribution in [0.1, 0.15) is 37.7 Å². The maximum atomic E-state index is 14.1. The Balaban J connectivity index is 1.33. The molecule has 172 valence electrons. The summed E-state index contributed by atoms with van der Waals surface area (Å²) in [6.45, 7) is 0.752. The van der Waals surface area contributed by atoms with E-state index >= 15 is 0 Å². The molecule has 0 unspecified atom stereocenters. The van der Waals surface area contributed by atoms with Crippen LogP contribution in [0.4, 0.5) is 4.39 Å². The topological polar surface area (TPSA) is 98.2 Å². The van der Waals surface area contributed by atoms with Crippen molar-refractivity contribution in [3.8, 4) is 5.75 Å². The second-order valence-corrected chi connectivity index (χ2v) is 11.0. The van der Waals surface area contributed by atoms with E-state index in [-0.39, 0.29) is 23.8 Å². The number of aromatic nitrogens is 2. The fraction of sp³-hybridized carbons (Fsp3) is 0.478. The monoisotopic (exact) mass is 462 g/mol. The zero-order valence-electron chi connectivity index (χ0n) is 17.8. The van der Waals surface area contributed by atoms with Crippen LogP contribution in [0.5, 0.6) is 5.75 Å². The first-order chi connectivity index (χ1) is 15.3. The molecule has 0 spiro atoms. The normalized spacial score (nSPS) is 17.5. The van der Waals surface area contributed by atoms with E-state index in [0.29, 0.717) is 18.9 Å². The Hall–Kier alpha value is -2.68. The molecule has 0 amide bonds. The number of halogens is 1. The molecule has 2 aromatic rings. The van der Waals surface area contributed by atoms with Gasteiger partial charge in [0.2, 0.25) is 0 Å². The van der Waals surface area contributed by atoms with E-state index < -0.39 is 32.3 Å². The molecule has 1 aromatic carbocycles. The molecule has 0 aliphatic heterocycles. The molecule has 7 nitrogen and oxygen atoms in total. The van der Waals surface area contributed by atoms with Gasteiger partial charge in [-0.1, -0.05) is 18.2 Å². The third-order valence-electron chi connectivity index (χ3n) is 6.03. The summed E-state index contributed by atoms with van der Waals surface area (Å²) in [7, 11) is -3.32. The summed E-state index contributed by atoms with van der Waals surface area (Å²) in [6, 6.07) is 5.96. The van der Waals surface area contributed by atoms with Crippen molar-refractivity contribution in [3.05, 3.63) is 74.8 Å². The minimum absolute atomic E-state index is 0.00198. The van der Waals surface area contributed by atoms with E-state index in [2.05, 4.69) is 4.98 Å². The van der Waals surface area contributed by atoms with Gasteiger partial charge in [0.25, 0.3) is 5.56 Å². The summed E-state index contributed by atoms with van der Waals surface area (Å²) in [6.07, 6.45) is 8.87. The minimum Gasteiger partial charge on any atom is -0.490 e. The van der Waals surface area contributed by atoms with E-state index in [0.717, 1.165) is 31.2 Å². The Bertz CT molecular complexity index is 1220. The number of rotatable bonds is 11. The zero-order chi connectivity index (χ0) is 22.8. The molecule has 4 rings (SSSR count). The molecule has 0 bridgehead atoms. The summed E-state index contributed by atoms with van der Waals surface area (Å²) >= 11 is 0. The van der Waals surface area contributed by atoms with Crippen molar-refractivity contribution in [2.75, 3.05) is 18.1 Å². The van der Waals surface area contributed by atoms with Crippen LogP contribution in [0.15, 0.2) is 52.2 Å². The predicted molar refractivity (Wildman–Crippen MR) is 119 cm³/mol. The first kappa shape index (κ1) is 22.5. The molecule has 9 heteroatoms. The van der Waals surface area contributed by atoms with Crippen molar-refractivity contribution >= 4 is 9.84 Å². The van der Waals surface area contributed by atoms with Gasteiger partial charge in [-0.25, -0.2) is 17.6 Å². The molecule has 2 aliphatic carbocycles. The summed E-state index contributed by atoms with van der Waals surface area (Å²) in [5.74, 6) is 0.321. The van der Waals surface area contributed by atoms with Gasteiger partial charge >= 0.3 is 5.69 Å². The summed E-state index contributed by atoms with van der Waals surface area (Å²) in [5.41, 5.74) is -0.610. The molecule has 0 radical (unpaired) electrons. The fourth-order valence-electron chi connectivity index (χ4n) is 3.74. The first-order valence-electron chi connectivity index (χ1n) is 10.8. The maximum Gasteiger partial charge on any atom is 0.328 e. The fourth-order valence-corrected chi connectivity index (χ4v) is 5.67. The van der Waals surface area contributed by atoms with Crippen LogP contribution in [0.25, 0.3) is 0 Å². The third kappa shape index (κ3) is 5.76. The highest BCUT2D eigenvalue weighted by molar-refractivity contribution is 7.91. The molecule has 0 atom stereocenters. The second-order valence-electron chi connectivity index (χ2n) is 8.79. The summed E-state index contributed by atoms with van der Waals surface area (Å²) < 4.78 is 46.5. The molecular weight excluding hydrogens is 435 g/mol. The number of nitrogens with zero attached hydrogens (tertiary/aromatic N) is 1. The molecule has 0 saturated heterocycles. The lowest BCUT2D eigenvalue weighted by atomic mass is 9.98. The standard InChI is InChI=1S/C23H27FN2O5S/c24-19-7-6-18(14-20(19)31-15-17-4-5-17)23(9-10-23)16-32(29,30)13-3-1-2-11-26-12-8-21(27)25-22(26)28/h1-2,6-8,12,14,17H,3-5,9-11,13,15-16H2,(H,25,27,28)/b2-1+. The average Bonchev–Trinajstić information content (AvgIpc) is 3.65. The Morgan fingerprint density at radius 2 is 1.97 bits per heavy atom. The number of nitrogens with one attached hydrogen (secondary N) is 1. The highest BCUT2D eigenvalue weighted by Crippen LogP contribution is 2.50. The number of H-pyrrole nitrogens is 1. The van der Waals surface area contributed by atoms with Gasteiger partial charge in [0.1, 0.15) is 0 Å². The molecule has 1 N–H and O–H groups in total. The van der Waals surface area contributed by atoms with E-state index in [4.69, 9.17) is 4.74 Å². The third-order valence-corrected chi connectivity index (χ3v) is 7.88. The van der Waals surface area contributed by atoms with Crippen molar-refractivity contribution in [1.82, 2.24) is 9.55 Å². The predicted octanol–water partition coefficient (Wildman–Crippen LogP) is 2.56. The lowest BCUT2D eigenvalue weighted by Gasteiger charge is -2.17.